The molecule has 1 amide bonds. The van der Waals surface area contributed by atoms with Crippen LogP contribution in [0.2, 0.25) is 0 Å². The molecule has 0 spiro atoms. The number of anilines is 1. The van der Waals surface area contributed by atoms with Crippen LogP contribution in [0.15, 0.2) is 41.1 Å². The van der Waals surface area contributed by atoms with Crippen molar-refractivity contribution >= 4 is 22.7 Å². The zero-order valence-electron chi connectivity index (χ0n) is 17.6. The van der Waals surface area contributed by atoms with Gasteiger partial charge >= 0.3 is 0 Å². The lowest BCUT2D eigenvalue weighted by Crippen LogP contribution is -2.45. The van der Waals surface area contributed by atoms with Gasteiger partial charge in [0, 0.05) is 68.4 Å². The average molecular weight is 423 g/mol. The zero-order valence-corrected chi connectivity index (χ0v) is 17.6. The van der Waals surface area contributed by atoms with Crippen LogP contribution < -0.4 is 4.90 Å². The molecular weight excluding hydrogens is 397 g/mol. The number of likely N-dealkylation sites (tertiary alicyclic amines) is 1. The van der Waals surface area contributed by atoms with Crippen molar-refractivity contribution < 1.29 is 13.7 Å². The van der Waals surface area contributed by atoms with Crippen molar-refractivity contribution in [2.75, 3.05) is 51.2 Å². The fourth-order valence-electron chi connectivity index (χ4n) is 4.52. The van der Waals surface area contributed by atoms with Crippen LogP contribution in [0.5, 0.6) is 0 Å². The van der Waals surface area contributed by atoms with E-state index in [0.717, 1.165) is 55.9 Å². The lowest BCUT2D eigenvalue weighted by atomic mass is 9.91. The number of pyridine rings is 1. The number of aromatic nitrogens is 2. The number of hydrogen-bond acceptors (Lipinski definition) is 6. The maximum Gasteiger partial charge on any atom is 0.254 e. The van der Waals surface area contributed by atoms with E-state index in [-0.39, 0.29) is 17.6 Å². The second-order valence-electron chi connectivity index (χ2n) is 8.47. The smallest absolute Gasteiger partial charge is 0.254 e. The quantitative estimate of drug-likeness (QED) is 0.645. The van der Waals surface area contributed by atoms with E-state index in [9.17, 15) is 9.18 Å². The van der Waals surface area contributed by atoms with Gasteiger partial charge in [0.05, 0.1) is 5.69 Å². The first-order chi connectivity index (χ1) is 15.1. The van der Waals surface area contributed by atoms with E-state index in [1.807, 2.05) is 11.0 Å². The number of piperazine rings is 1. The molecule has 2 aliphatic rings. The van der Waals surface area contributed by atoms with Crippen molar-refractivity contribution in [1.29, 1.82) is 0 Å². The summed E-state index contributed by atoms with van der Waals surface area (Å²) in [6.45, 7) is 5.15. The lowest BCUT2D eigenvalue weighted by Gasteiger charge is -2.34. The molecular formula is C23H26FN5O2. The van der Waals surface area contributed by atoms with Gasteiger partial charge in [-0.15, -0.1) is 0 Å². The Labute approximate surface area is 180 Å². The van der Waals surface area contributed by atoms with E-state index in [1.54, 1.807) is 18.3 Å². The first-order valence-electron chi connectivity index (χ1n) is 10.8. The van der Waals surface area contributed by atoms with E-state index < -0.39 is 0 Å². The van der Waals surface area contributed by atoms with Crippen molar-refractivity contribution in [2.24, 2.45) is 0 Å². The molecule has 2 aliphatic heterocycles. The molecule has 0 radical (unpaired) electrons. The van der Waals surface area contributed by atoms with Gasteiger partial charge < -0.3 is 19.2 Å². The predicted octanol–water partition coefficient (Wildman–Crippen LogP) is 3.13. The normalized spacial score (nSPS) is 18.6. The fourth-order valence-corrected chi connectivity index (χ4v) is 4.52. The van der Waals surface area contributed by atoms with Gasteiger partial charge in [0.15, 0.2) is 5.58 Å². The Morgan fingerprint density at radius 2 is 1.84 bits per heavy atom. The maximum atomic E-state index is 13.4. The number of carbonyl (C=O) groups is 1. The third kappa shape index (κ3) is 3.99. The van der Waals surface area contributed by atoms with Gasteiger partial charge in [-0.25, -0.2) is 9.37 Å². The maximum absolute atomic E-state index is 13.4. The molecule has 3 aromatic rings. The summed E-state index contributed by atoms with van der Waals surface area (Å²) in [7, 11) is 2.12. The van der Waals surface area contributed by atoms with Crippen LogP contribution in [-0.2, 0) is 0 Å². The van der Waals surface area contributed by atoms with E-state index in [0.29, 0.717) is 24.2 Å². The number of likely N-dealkylation sites (N-methyl/N-ethyl adjacent to an activating group) is 1. The second kappa shape index (κ2) is 8.26. The number of amides is 1. The Morgan fingerprint density at radius 3 is 2.61 bits per heavy atom. The largest absolute Gasteiger partial charge is 0.356 e. The highest BCUT2D eigenvalue weighted by Gasteiger charge is 2.28. The summed E-state index contributed by atoms with van der Waals surface area (Å²) < 4.78 is 18.7. The molecule has 31 heavy (non-hydrogen) atoms. The third-order valence-corrected chi connectivity index (χ3v) is 6.45. The van der Waals surface area contributed by atoms with Gasteiger partial charge in [-0.1, -0.05) is 5.16 Å². The average Bonchev–Trinajstić information content (AvgIpc) is 3.22. The molecule has 0 bridgehead atoms. The van der Waals surface area contributed by atoms with Crippen LogP contribution in [0.25, 0.3) is 11.0 Å². The molecule has 162 valence electrons. The third-order valence-electron chi connectivity index (χ3n) is 6.45. The molecule has 0 atom stereocenters. The van der Waals surface area contributed by atoms with E-state index in [4.69, 9.17) is 4.52 Å². The van der Waals surface area contributed by atoms with Crippen molar-refractivity contribution in [3.8, 4) is 0 Å². The van der Waals surface area contributed by atoms with E-state index >= 15 is 0 Å². The number of rotatable bonds is 3. The molecule has 0 N–H and O–H groups in total. The highest BCUT2D eigenvalue weighted by Crippen LogP contribution is 2.33. The number of benzene rings is 1. The molecule has 7 nitrogen and oxygen atoms in total. The lowest BCUT2D eigenvalue weighted by molar-refractivity contribution is 0.0711. The summed E-state index contributed by atoms with van der Waals surface area (Å²) in [5.41, 5.74) is 2.02. The molecule has 0 saturated carbocycles. The van der Waals surface area contributed by atoms with E-state index in [1.165, 1.54) is 12.1 Å². The Kier molecular flexibility index (Phi) is 5.31. The Balaban J connectivity index is 1.25. The first kappa shape index (κ1) is 19.9. The minimum Gasteiger partial charge on any atom is -0.356 e. The summed E-state index contributed by atoms with van der Waals surface area (Å²) in [5.74, 6) is 0.788. The van der Waals surface area contributed by atoms with Crippen LogP contribution >= 0.6 is 0 Å². The topological polar surface area (TPSA) is 65.7 Å². The van der Waals surface area contributed by atoms with Gasteiger partial charge in [-0.3, -0.25) is 4.79 Å². The van der Waals surface area contributed by atoms with Crippen molar-refractivity contribution in [3.63, 3.8) is 0 Å². The number of halogens is 1. The fraction of sp³-hybridized carbons (Fsp3) is 0.435. The van der Waals surface area contributed by atoms with Crippen molar-refractivity contribution in [2.45, 2.75) is 18.8 Å². The van der Waals surface area contributed by atoms with Gasteiger partial charge in [0.1, 0.15) is 11.6 Å². The molecule has 8 heteroatoms. The minimum absolute atomic E-state index is 0.0447. The SMILES string of the molecule is CN1CCN(c2cc(C(=O)N3CCC(c4noc5cc(F)ccc45)CC3)ccn2)CC1. The molecule has 2 fully saturated rings. The van der Waals surface area contributed by atoms with Gasteiger partial charge in [-0.05, 0) is 44.2 Å². The van der Waals surface area contributed by atoms with Gasteiger partial charge in [0.2, 0.25) is 0 Å². The molecule has 1 aromatic carbocycles. The molecule has 2 saturated heterocycles. The highest BCUT2D eigenvalue weighted by molar-refractivity contribution is 5.95. The molecule has 2 aromatic heterocycles. The van der Waals surface area contributed by atoms with Crippen LogP contribution in [0.1, 0.15) is 34.8 Å². The molecule has 5 rings (SSSR count). The zero-order chi connectivity index (χ0) is 21.4. The number of carbonyl (C=O) groups excluding carboxylic acids is 1. The number of hydrogen-bond donors (Lipinski definition) is 0. The summed E-state index contributed by atoms with van der Waals surface area (Å²) in [6, 6.07) is 8.24. The summed E-state index contributed by atoms with van der Waals surface area (Å²) in [6.07, 6.45) is 3.34. The predicted molar refractivity (Wildman–Crippen MR) is 116 cm³/mol. The summed E-state index contributed by atoms with van der Waals surface area (Å²) >= 11 is 0. The Bertz CT molecular complexity index is 1080. The number of fused-ring (bicyclic) bond motifs is 1. The van der Waals surface area contributed by atoms with E-state index in [2.05, 4.69) is 27.0 Å². The number of piperidine rings is 1. The van der Waals surface area contributed by atoms with Crippen molar-refractivity contribution in [3.05, 3.63) is 53.6 Å². The molecule has 4 heterocycles. The highest BCUT2D eigenvalue weighted by atomic mass is 19.1. The monoisotopic (exact) mass is 423 g/mol. The summed E-state index contributed by atoms with van der Waals surface area (Å²) in [5, 5.41) is 5.05. The van der Waals surface area contributed by atoms with Gasteiger partial charge in [0.25, 0.3) is 5.91 Å². The number of nitrogens with zero attached hydrogens (tertiary/aromatic N) is 5. The summed E-state index contributed by atoms with van der Waals surface area (Å²) in [4.78, 5) is 24.1. The first-order valence-corrected chi connectivity index (χ1v) is 10.8. The Morgan fingerprint density at radius 1 is 1.06 bits per heavy atom. The van der Waals surface area contributed by atoms with Crippen LogP contribution in [-0.4, -0.2) is 72.2 Å². The standard InChI is InChI=1S/C23H26FN5O2/c1-27-10-12-28(13-11-27)21-14-17(4-7-25-21)23(30)29-8-5-16(6-9-29)22-19-3-2-18(24)15-20(19)31-26-22/h2-4,7,14-16H,5-6,8-13H2,1H3. The van der Waals surface area contributed by atoms with Gasteiger partial charge in [-0.2, -0.15) is 0 Å². The molecule has 0 unspecified atom stereocenters. The van der Waals surface area contributed by atoms with Crippen molar-refractivity contribution in [1.82, 2.24) is 19.9 Å². The van der Waals surface area contributed by atoms with Crippen LogP contribution in [0.4, 0.5) is 10.2 Å². The minimum atomic E-state index is -0.330. The molecule has 0 aliphatic carbocycles. The second-order valence-corrected chi connectivity index (χ2v) is 8.47. The van der Waals surface area contributed by atoms with Crippen LogP contribution in [0.3, 0.4) is 0 Å². The Hall–Kier alpha value is -3.00. The van der Waals surface area contributed by atoms with Crippen LogP contribution in [0, 0.1) is 5.82 Å².